The lowest BCUT2D eigenvalue weighted by Crippen LogP contribution is -2.02. The quantitative estimate of drug-likeness (QED) is 0.591. The van der Waals surface area contributed by atoms with Crippen LogP contribution in [0.15, 0.2) is 39.3 Å². The molecule has 0 aliphatic heterocycles. The first-order valence-corrected chi connectivity index (χ1v) is 9.01. The van der Waals surface area contributed by atoms with Gasteiger partial charge in [0.15, 0.2) is 0 Å². The van der Waals surface area contributed by atoms with Crippen molar-refractivity contribution in [2.75, 3.05) is 11.9 Å². The van der Waals surface area contributed by atoms with Crippen LogP contribution in [0, 0.1) is 13.8 Å². The molecule has 0 spiro atoms. The fraction of sp³-hybridized carbons (Fsp3) is 0.333. The number of benzene rings is 2. The molecule has 0 saturated carbocycles. The van der Waals surface area contributed by atoms with Gasteiger partial charge in [-0.05, 0) is 93.1 Å². The van der Waals surface area contributed by atoms with Crippen molar-refractivity contribution in [3.8, 4) is 5.75 Å². The number of ether oxygens (including phenoxy) is 1. The molecule has 2 rings (SSSR count). The highest BCUT2D eigenvalue weighted by atomic mass is 79.9. The number of rotatable bonds is 6. The average molecular weight is 427 g/mol. The van der Waals surface area contributed by atoms with E-state index in [2.05, 4.69) is 88.3 Å². The third-order valence-electron chi connectivity index (χ3n) is 3.51. The van der Waals surface area contributed by atoms with Crippen LogP contribution in [0.3, 0.4) is 0 Å². The SMILES string of the molecule is CCCOc1c(Br)cc(CNc2ccc(C)c(C)c2)cc1Br. The number of hydrogen-bond donors (Lipinski definition) is 1. The zero-order valence-electron chi connectivity index (χ0n) is 13.2. The molecule has 0 aromatic heterocycles. The third-order valence-corrected chi connectivity index (χ3v) is 4.69. The molecule has 0 saturated heterocycles. The van der Waals surface area contributed by atoms with E-state index < -0.39 is 0 Å². The van der Waals surface area contributed by atoms with Crippen LogP contribution in [0.5, 0.6) is 5.75 Å². The maximum atomic E-state index is 5.75. The predicted molar refractivity (Wildman–Crippen MR) is 101 cm³/mol. The zero-order valence-corrected chi connectivity index (χ0v) is 16.3. The van der Waals surface area contributed by atoms with Crippen molar-refractivity contribution in [3.05, 3.63) is 56.0 Å². The van der Waals surface area contributed by atoms with E-state index in [-0.39, 0.29) is 0 Å². The molecule has 0 atom stereocenters. The summed E-state index contributed by atoms with van der Waals surface area (Å²) in [7, 11) is 0. The number of nitrogens with one attached hydrogen (secondary N) is 1. The first-order chi connectivity index (χ1) is 10.5. The van der Waals surface area contributed by atoms with Crippen molar-refractivity contribution in [1.29, 1.82) is 0 Å². The molecule has 4 heteroatoms. The molecule has 0 aliphatic carbocycles. The topological polar surface area (TPSA) is 21.3 Å². The van der Waals surface area contributed by atoms with Crippen LogP contribution in [0.25, 0.3) is 0 Å². The fourth-order valence-corrected chi connectivity index (χ4v) is 3.62. The van der Waals surface area contributed by atoms with Crippen molar-refractivity contribution in [2.45, 2.75) is 33.7 Å². The smallest absolute Gasteiger partial charge is 0.147 e. The van der Waals surface area contributed by atoms with Gasteiger partial charge < -0.3 is 10.1 Å². The minimum Gasteiger partial charge on any atom is -0.491 e. The molecule has 2 aromatic rings. The third kappa shape index (κ3) is 4.50. The Morgan fingerprint density at radius 3 is 2.27 bits per heavy atom. The van der Waals surface area contributed by atoms with Gasteiger partial charge in [-0.15, -0.1) is 0 Å². The second-order valence-electron chi connectivity index (χ2n) is 5.39. The van der Waals surface area contributed by atoms with Crippen LogP contribution in [0.1, 0.15) is 30.0 Å². The molecule has 1 N–H and O–H groups in total. The van der Waals surface area contributed by atoms with Gasteiger partial charge in [0.05, 0.1) is 15.6 Å². The molecular weight excluding hydrogens is 406 g/mol. The van der Waals surface area contributed by atoms with E-state index in [9.17, 15) is 0 Å². The van der Waals surface area contributed by atoms with Crippen molar-refractivity contribution < 1.29 is 4.74 Å². The second-order valence-corrected chi connectivity index (χ2v) is 7.10. The van der Waals surface area contributed by atoms with E-state index >= 15 is 0 Å². The Morgan fingerprint density at radius 1 is 1.00 bits per heavy atom. The summed E-state index contributed by atoms with van der Waals surface area (Å²) in [4.78, 5) is 0. The molecule has 0 bridgehead atoms. The second kappa shape index (κ2) is 8.02. The molecule has 0 aliphatic rings. The van der Waals surface area contributed by atoms with Crippen LogP contribution >= 0.6 is 31.9 Å². The normalized spacial score (nSPS) is 10.6. The first kappa shape index (κ1) is 17.4. The average Bonchev–Trinajstić information content (AvgIpc) is 2.48. The van der Waals surface area contributed by atoms with E-state index in [1.165, 1.54) is 16.7 Å². The van der Waals surface area contributed by atoms with Gasteiger partial charge >= 0.3 is 0 Å². The number of hydrogen-bond acceptors (Lipinski definition) is 2. The minimum absolute atomic E-state index is 0.720. The molecule has 0 fully saturated rings. The molecule has 22 heavy (non-hydrogen) atoms. The van der Waals surface area contributed by atoms with Gasteiger partial charge in [-0.25, -0.2) is 0 Å². The van der Waals surface area contributed by atoms with Crippen LogP contribution in [-0.4, -0.2) is 6.61 Å². The van der Waals surface area contributed by atoms with Crippen molar-refractivity contribution in [1.82, 2.24) is 0 Å². The number of halogens is 2. The number of aryl methyl sites for hydroxylation is 2. The molecule has 118 valence electrons. The van der Waals surface area contributed by atoms with Gasteiger partial charge in [-0.1, -0.05) is 13.0 Å². The Bertz CT molecular complexity index is 633. The molecule has 2 aromatic carbocycles. The standard InChI is InChI=1S/C18H21Br2NO/c1-4-7-22-18-16(19)9-14(10-17(18)20)11-21-15-6-5-12(2)13(3)8-15/h5-6,8-10,21H,4,7,11H2,1-3H3. The Hall–Kier alpha value is -1.00. The lowest BCUT2D eigenvalue weighted by Gasteiger charge is -2.13. The maximum Gasteiger partial charge on any atom is 0.147 e. The summed E-state index contributed by atoms with van der Waals surface area (Å²) in [6.45, 7) is 7.85. The van der Waals surface area contributed by atoms with E-state index in [0.29, 0.717) is 0 Å². The van der Waals surface area contributed by atoms with Gasteiger partial charge in [-0.2, -0.15) is 0 Å². The monoisotopic (exact) mass is 425 g/mol. The predicted octanol–water partition coefficient (Wildman–Crippen LogP) is 6.23. The first-order valence-electron chi connectivity index (χ1n) is 7.43. The van der Waals surface area contributed by atoms with Gasteiger partial charge in [0.1, 0.15) is 5.75 Å². The number of anilines is 1. The highest BCUT2D eigenvalue weighted by Gasteiger charge is 2.09. The Morgan fingerprint density at radius 2 is 1.68 bits per heavy atom. The van der Waals surface area contributed by atoms with Crippen LogP contribution < -0.4 is 10.1 Å². The van der Waals surface area contributed by atoms with Crippen molar-refractivity contribution >= 4 is 37.5 Å². The van der Waals surface area contributed by atoms with E-state index in [1.54, 1.807) is 0 Å². The van der Waals surface area contributed by atoms with Crippen molar-refractivity contribution in [3.63, 3.8) is 0 Å². The summed E-state index contributed by atoms with van der Waals surface area (Å²) >= 11 is 7.19. The summed E-state index contributed by atoms with van der Waals surface area (Å²) in [5.74, 6) is 0.872. The van der Waals surface area contributed by atoms with E-state index in [1.807, 2.05) is 0 Å². The van der Waals surface area contributed by atoms with Gasteiger partial charge in [0.25, 0.3) is 0 Å². The van der Waals surface area contributed by atoms with Crippen LogP contribution in [0.2, 0.25) is 0 Å². The summed E-state index contributed by atoms with van der Waals surface area (Å²) in [6.07, 6.45) is 0.995. The highest BCUT2D eigenvalue weighted by Crippen LogP contribution is 2.35. The van der Waals surface area contributed by atoms with E-state index in [4.69, 9.17) is 4.74 Å². The summed E-state index contributed by atoms with van der Waals surface area (Å²) in [5, 5.41) is 3.46. The molecular formula is C18H21Br2NO. The molecule has 0 radical (unpaired) electrons. The summed E-state index contributed by atoms with van der Waals surface area (Å²) in [5.41, 5.74) is 4.95. The molecule has 0 amide bonds. The Kier molecular flexibility index (Phi) is 6.33. The van der Waals surface area contributed by atoms with Crippen LogP contribution in [0.4, 0.5) is 5.69 Å². The van der Waals surface area contributed by atoms with Crippen molar-refractivity contribution in [2.24, 2.45) is 0 Å². The minimum atomic E-state index is 0.720. The molecule has 2 nitrogen and oxygen atoms in total. The molecule has 0 unspecified atom stereocenters. The van der Waals surface area contributed by atoms with Crippen LogP contribution in [-0.2, 0) is 6.54 Å². The van der Waals surface area contributed by atoms with E-state index in [0.717, 1.165) is 40.0 Å². The largest absolute Gasteiger partial charge is 0.491 e. The Labute approximate surface area is 149 Å². The van der Waals surface area contributed by atoms with Gasteiger partial charge in [-0.3, -0.25) is 0 Å². The lowest BCUT2D eigenvalue weighted by molar-refractivity contribution is 0.313. The molecule has 0 heterocycles. The maximum absolute atomic E-state index is 5.75. The fourth-order valence-electron chi connectivity index (χ4n) is 2.11. The lowest BCUT2D eigenvalue weighted by atomic mass is 10.1. The Balaban J connectivity index is 2.08. The summed E-state index contributed by atoms with van der Waals surface area (Å²) < 4.78 is 7.71. The zero-order chi connectivity index (χ0) is 16.1. The van der Waals surface area contributed by atoms with Gasteiger partial charge in [0, 0.05) is 12.2 Å². The van der Waals surface area contributed by atoms with Gasteiger partial charge in [0.2, 0.25) is 0 Å². The summed E-state index contributed by atoms with van der Waals surface area (Å²) in [6, 6.07) is 10.6. The highest BCUT2D eigenvalue weighted by molar-refractivity contribution is 9.11.